The van der Waals surface area contributed by atoms with E-state index in [1.807, 2.05) is 48.5 Å². The first kappa shape index (κ1) is 17.7. The summed E-state index contributed by atoms with van der Waals surface area (Å²) in [5.74, 6) is 0. The molecule has 0 aliphatic rings. The molecule has 4 nitrogen and oxygen atoms in total. The van der Waals surface area contributed by atoms with E-state index in [4.69, 9.17) is 17.3 Å². The molecule has 0 atom stereocenters. The molecule has 0 aliphatic carbocycles. The molecule has 0 heterocycles. The van der Waals surface area contributed by atoms with E-state index in [1.165, 1.54) is 29.6 Å². The highest BCUT2D eigenvalue weighted by Gasteiger charge is 2.19. The number of halogens is 1. The van der Waals surface area contributed by atoms with Gasteiger partial charge in [0.15, 0.2) is 0 Å². The van der Waals surface area contributed by atoms with Crippen LogP contribution in [0.4, 0.5) is 11.4 Å². The number of benzene rings is 3. The smallest absolute Gasteiger partial charge is 0.284 e. The van der Waals surface area contributed by atoms with Gasteiger partial charge in [-0.1, -0.05) is 65.5 Å². The molecule has 0 unspecified atom stereocenters. The molecule has 0 spiro atoms. The number of nitro benzene ring substituents is 1. The average Bonchev–Trinajstić information content (AvgIpc) is 2.60. The van der Waals surface area contributed by atoms with E-state index >= 15 is 0 Å². The Bertz CT molecular complexity index is 920. The van der Waals surface area contributed by atoms with Crippen LogP contribution < -0.4 is 5.73 Å². The molecule has 0 saturated heterocycles. The number of nitrogens with two attached hydrogens (primary N) is 1. The molecule has 0 amide bonds. The van der Waals surface area contributed by atoms with Crippen LogP contribution in [-0.2, 0) is 0 Å². The molecule has 3 aromatic rings. The van der Waals surface area contributed by atoms with Gasteiger partial charge in [0.2, 0.25) is 0 Å². The summed E-state index contributed by atoms with van der Waals surface area (Å²) < 4.78 is 0. The molecule has 25 heavy (non-hydrogen) atoms. The van der Waals surface area contributed by atoms with Crippen molar-refractivity contribution in [3.8, 4) is 0 Å². The van der Waals surface area contributed by atoms with Crippen molar-refractivity contribution in [1.29, 1.82) is 0 Å². The van der Waals surface area contributed by atoms with E-state index in [9.17, 15) is 10.1 Å². The second-order valence-corrected chi connectivity index (χ2v) is 7.67. The van der Waals surface area contributed by atoms with Crippen molar-refractivity contribution in [2.45, 2.75) is 19.6 Å². The van der Waals surface area contributed by atoms with Crippen molar-refractivity contribution in [3.05, 3.63) is 81.9 Å². The van der Waals surface area contributed by atoms with Gasteiger partial charge >= 0.3 is 0 Å². The van der Waals surface area contributed by atoms with E-state index in [1.54, 1.807) is 12.1 Å². The maximum atomic E-state index is 11.4. The van der Waals surface area contributed by atoms with Crippen LogP contribution in [0.1, 0.15) is 0 Å². The highest BCUT2D eigenvalue weighted by atomic mass is 35.5. The number of nitro groups is 1. The largest absolute Gasteiger partial charge is 0.398 e. The minimum atomic E-state index is -0.414. The van der Waals surface area contributed by atoms with Gasteiger partial charge in [-0.25, -0.2) is 0 Å². The van der Waals surface area contributed by atoms with Crippen molar-refractivity contribution in [2.24, 2.45) is 0 Å². The lowest BCUT2D eigenvalue weighted by molar-refractivity contribution is -0.387. The number of hydrogen-bond donors (Lipinski definition) is 1. The number of anilines is 1. The van der Waals surface area contributed by atoms with Gasteiger partial charge in [-0.3, -0.25) is 10.1 Å². The summed E-state index contributed by atoms with van der Waals surface area (Å²) in [6.45, 7) is 0. The second kappa shape index (κ2) is 7.82. The molecule has 0 aromatic heterocycles. The van der Waals surface area contributed by atoms with Crippen LogP contribution in [0.25, 0.3) is 0 Å². The Morgan fingerprint density at radius 1 is 0.880 bits per heavy atom. The molecule has 0 radical (unpaired) electrons. The molecular formula is C18H13ClN2O2S2. The van der Waals surface area contributed by atoms with Crippen molar-refractivity contribution in [1.82, 2.24) is 0 Å². The van der Waals surface area contributed by atoms with Crippen molar-refractivity contribution in [2.75, 3.05) is 5.73 Å². The zero-order valence-corrected chi connectivity index (χ0v) is 15.3. The summed E-state index contributed by atoms with van der Waals surface area (Å²) in [6.07, 6.45) is 0. The van der Waals surface area contributed by atoms with Gasteiger partial charge in [-0.2, -0.15) is 0 Å². The quantitative estimate of drug-likeness (QED) is 0.323. The molecule has 0 bridgehead atoms. The molecule has 0 saturated carbocycles. The lowest BCUT2D eigenvalue weighted by atomic mass is 10.3. The first-order valence-electron chi connectivity index (χ1n) is 7.28. The summed E-state index contributed by atoms with van der Waals surface area (Å²) in [7, 11) is 0. The maximum Gasteiger partial charge on any atom is 0.284 e. The number of nitrogen functional groups attached to an aromatic ring is 1. The first-order chi connectivity index (χ1) is 12.0. The van der Waals surface area contributed by atoms with Gasteiger partial charge in [0.05, 0.1) is 14.8 Å². The monoisotopic (exact) mass is 388 g/mol. The fourth-order valence-corrected chi connectivity index (χ4v) is 4.35. The molecule has 126 valence electrons. The third-order valence-corrected chi connectivity index (χ3v) is 5.95. The zero-order chi connectivity index (χ0) is 17.8. The Morgan fingerprint density at radius 3 is 2.24 bits per heavy atom. The molecule has 2 N–H and O–H groups in total. The standard InChI is InChI=1S/C18H13ClN2O2S2/c19-13-10-15(21(22)23)18(24-12-6-2-1-3-7-12)11-17(13)25-16-9-5-4-8-14(16)20/h1-11H,20H2. The fourth-order valence-electron chi connectivity index (χ4n) is 2.13. The molecular weight excluding hydrogens is 376 g/mol. The Hall–Kier alpha value is -2.15. The van der Waals surface area contributed by atoms with Crippen LogP contribution in [0.5, 0.6) is 0 Å². The fraction of sp³-hybridized carbons (Fsp3) is 0. The number of nitrogens with zero attached hydrogens (tertiary/aromatic N) is 1. The number of rotatable bonds is 5. The van der Waals surface area contributed by atoms with Crippen LogP contribution in [-0.4, -0.2) is 4.92 Å². The second-order valence-electron chi connectivity index (χ2n) is 5.06. The number of hydrogen-bond acceptors (Lipinski definition) is 5. The summed E-state index contributed by atoms with van der Waals surface area (Å²) in [6, 6.07) is 20.1. The van der Waals surface area contributed by atoms with E-state index in [-0.39, 0.29) is 5.69 Å². The minimum absolute atomic E-state index is 0.00997. The summed E-state index contributed by atoms with van der Waals surface area (Å²) >= 11 is 9.00. The number of para-hydroxylation sites is 1. The van der Waals surface area contributed by atoms with E-state index in [0.29, 0.717) is 15.6 Å². The minimum Gasteiger partial charge on any atom is -0.398 e. The van der Waals surface area contributed by atoms with Crippen molar-refractivity contribution in [3.63, 3.8) is 0 Å². The Labute approximate surface area is 158 Å². The Balaban J connectivity index is 2.01. The molecule has 7 heteroatoms. The molecule has 0 fully saturated rings. The SMILES string of the molecule is Nc1ccccc1Sc1cc(Sc2ccccc2)c([N+](=O)[O-])cc1Cl. The van der Waals surface area contributed by atoms with Gasteiger partial charge < -0.3 is 5.73 Å². The zero-order valence-electron chi connectivity index (χ0n) is 12.9. The Morgan fingerprint density at radius 2 is 1.56 bits per heavy atom. The van der Waals surface area contributed by atoms with Crippen LogP contribution in [0.15, 0.2) is 86.3 Å². The average molecular weight is 389 g/mol. The molecule has 3 rings (SSSR count). The first-order valence-corrected chi connectivity index (χ1v) is 9.29. The van der Waals surface area contributed by atoms with E-state index in [2.05, 4.69) is 0 Å². The van der Waals surface area contributed by atoms with Crippen LogP contribution in [0, 0.1) is 10.1 Å². The highest BCUT2D eigenvalue weighted by molar-refractivity contribution is 8.00. The van der Waals surface area contributed by atoms with Crippen LogP contribution in [0.3, 0.4) is 0 Å². The lowest BCUT2D eigenvalue weighted by Crippen LogP contribution is -1.93. The summed E-state index contributed by atoms with van der Waals surface area (Å²) in [4.78, 5) is 14.0. The van der Waals surface area contributed by atoms with Crippen LogP contribution in [0.2, 0.25) is 5.02 Å². The van der Waals surface area contributed by atoms with Gasteiger partial charge in [0.1, 0.15) is 0 Å². The molecule has 3 aromatic carbocycles. The summed E-state index contributed by atoms with van der Waals surface area (Å²) in [5, 5.41) is 11.7. The van der Waals surface area contributed by atoms with E-state index < -0.39 is 4.92 Å². The lowest BCUT2D eigenvalue weighted by Gasteiger charge is -2.10. The van der Waals surface area contributed by atoms with E-state index in [0.717, 1.165) is 14.7 Å². The third kappa shape index (κ3) is 4.28. The Kier molecular flexibility index (Phi) is 5.53. The third-order valence-electron chi connectivity index (χ3n) is 3.32. The van der Waals surface area contributed by atoms with Crippen LogP contribution >= 0.6 is 35.1 Å². The normalized spacial score (nSPS) is 10.6. The van der Waals surface area contributed by atoms with Gasteiger partial charge in [-0.15, -0.1) is 0 Å². The highest BCUT2D eigenvalue weighted by Crippen LogP contribution is 2.43. The van der Waals surface area contributed by atoms with Gasteiger partial charge in [-0.05, 0) is 30.3 Å². The van der Waals surface area contributed by atoms with Crippen molar-refractivity contribution >= 4 is 46.5 Å². The maximum absolute atomic E-state index is 11.4. The molecule has 0 aliphatic heterocycles. The topological polar surface area (TPSA) is 69.2 Å². The predicted molar refractivity (Wildman–Crippen MR) is 104 cm³/mol. The van der Waals surface area contributed by atoms with Gasteiger partial charge in [0, 0.05) is 26.4 Å². The summed E-state index contributed by atoms with van der Waals surface area (Å²) in [5.41, 5.74) is 6.61. The van der Waals surface area contributed by atoms with Crippen molar-refractivity contribution < 1.29 is 4.92 Å². The van der Waals surface area contributed by atoms with Gasteiger partial charge in [0.25, 0.3) is 5.69 Å². The predicted octanol–water partition coefficient (Wildman–Crippen LogP) is 6.13.